The number of rotatable bonds is 6. The van der Waals surface area contributed by atoms with Gasteiger partial charge in [0, 0.05) is 6.04 Å². The van der Waals surface area contributed by atoms with Crippen molar-refractivity contribution in [2.24, 2.45) is 5.73 Å². The fourth-order valence-electron chi connectivity index (χ4n) is 2.00. The highest BCUT2D eigenvalue weighted by atomic mass is 16.5. The Hall–Kier alpha value is -1.55. The Labute approximate surface area is 121 Å². The van der Waals surface area contributed by atoms with E-state index in [1.54, 1.807) is 0 Å². The Balaban J connectivity index is 2.81. The van der Waals surface area contributed by atoms with E-state index in [0.29, 0.717) is 0 Å². The third kappa shape index (κ3) is 4.85. The molecule has 1 atom stereocenters. The number of para-hydroxylation sites is 1. The molecular weight excluding hydrogens is 252 g/mol. The molecule has 0 bridgehead atoms. The number of amides is 1. The molecule has 0 radical (unpaired) electrons. The van der Waals surface area contributed by atoms with Crippen LogP contribution in [0.2, 0.25) is 0 Å². The van der Waals surface area contributed by atoms with Crippen LogP contribution in [-0.2, 0) is 10.2 Å². The minimum Gasteiger partial charge on any atom is -0.491 e. The van der Waals surface area contributed by atoms with Gasteiger partial charge in [0.1, 0.15) is 18.4 Å². The van der Waals surface area contributed by atoms with Crippen LogP contribution in [0, 0.1) is 0 Å². The molecule has 0 saturated carbocycles. The van der Waals surface area contributed by atoms with E-state index in [-0.39, 0.29) is 18.1 Å². The van der Waals surface area contributed by atoms with Crippen molar-refractivity contribution in [1.29, 1.82) is 0 Å². The zero-order valence-electron chi connectivity index (χ0n) is 13.1. The largest absolute Gasteiger partial charge is 0.491 e. The lowest BCUT2D eigenvalue weighted by molar-refractivity contribution is -0.120. The van der Waals surface area contributed by atoms with Gasteiger partial charge in [0.2, 0.25) is 5.91 Å². The zero-order valence-corrected chi connectivity index (χ0v) is 13.1. The average molecular weight is 278 g/mol. The summed E-state index contributed by atoms with van der Waals surface area (Å²) in [5.41, 5.74) is 6.50. The normalized spacial score (nSPS) is 13.3. The number of carbonyl (C=O) groups is 1. The van der Waals surface area contributed by atoms with Crippen LogP contribution in [0.5, 0.6) is 5.75 Å². The molecule has 0 heterocycles. The maximum absolute atomic E-state index is 11.4. The molecule has 0 fully saturated rings. The van der Waals surface area contributed by atoms with Crippen molar-refractivity contribution in [2.45, 2.75) is 52.1 Å². The highest BCUT2D eigenvalue weighted by molar-refractivity contribution is 5.80. The lowest BCUT2D eigenvalue weighted by atomic mass is 9.86. The predicted octanol–water partition coefficient (Wildman–Crippen LogP) is 2.21. The number of primary amides is 1. The van der Waals surface area contributed by atoms with Crippen LogP contribution in [0.25, 0.3) is 0 Å². The van der Waals surface area contributed by atoms with E-state index in [1.165, 1.54) is 0 Å². The van der Waals surface area contributed by atoms with Crippen molar-refractivity contribution in [3.05, 3.63) is 29.8 Å². The molecule has 0 aromatic heterocycles. The number of nitrogens with two attached hydrogens (primary N) is 1. The van der Waals surface area contributed by atoms with Crippen LogP contribution in [-0.4, -0.2) is 24.6 Å². The molecule has 1 unspecified atom stereocenters. The summed E-state index contributed by atoms with van der Waals surface area (Å²) in [4.78, 5) is 11.4. The topological polar surface area (TPSA) is 64.3 Å². The van der Waals surface area contributed by atoms with Crippen LogP contribution in [0.4, 0.5) is 0 Å². The van der Waals surface area contributed by atoms with Crippen LogP contribution < -0.4 is 15.8 Å². The molecule has 3 N–H and O–H groups in total. The Morgan fingerprint density at radius 2 is 1.90 bits per heavy atom. The van der Waals surface area contributed by atoms with E-state index in [4.69, 9.17) is 10.5 Å². The smallest absolute Gasteiger partial charge is 0.238 e. The Morgan fingerprint density at radius 3 is 2.40 bits per heavy atom. The summed E-state index contributed by atoms with van der Waals surface area (Å²) in [6.45, 7) is 10.6. The monoisotopic (exact) mass is 278 g/mol. The van der Waals surface area contributed by atoms with Gasteiger partial charge in [-0.05, 0) is 17.0 Å². The Bertz CT molecular complexity index is 450. The molecule has 4 heteroatoms. The number of carbonyl (C=O) groups excluding carboxylic acids is 1. The zero-order chi connectivity index (χ0) is 15.3. The maximum atomic E-state index is 11.4. The molecule has 0 aliphatic rings. The number of hydrogen-bond donors (Lipinski definition) is 2. The summed E-state index contributed by atoms with van der Waals surface area (Å²) in [5, 5.41) is 3.11. The summed E-state index contributed by atoms with van der Waals surface area (Å²) in [6.07, 6.45) is 0. The molecule has 0 aliphatic heterocycles. The van der Waals surface area contributed by atoms with E-state index in [0.717, 1.165) is 11.3 Å². The van der Waals surface area contributed by atoms with Gasteiger partial charge in [0.05, 0.1) is 0 Å². The quantitative estimate of drug-likeness (QED) is 0.838. The summed E-state index contributed by atoms with van der Waals surface area (Å²) in [5.74, 6) is 0.406. The fourth-order valence-corrected chi connectivity index (χ4v) is 2.00. The number of nitrogens with one attached hydrogen (secondary N) is 1. The van der Waals surface area contributed by atoms with E-state index in [1.807, 2.05) is 38.1 Å². The molecule has 1 amide bonds. The maximum Gasteiger partial charge on any atom is 0.238 e. The van der Waals surface area contributed by atoms with Gasteiger partial charge in [-0.2, -0.15) is 0 Å². The van der Waals surface area contributed by atoms with Crippen molar-refractivity contribution in [2.75, 3.05) is 6.61 Å². The highest BCUT2D eigenvalue weighted by Crippen LogP contribution is 2.30. The molecule has 1 aromatic rings. The first-order valence-corrected chi connectivity index (χ1v) is 6.99. The molecular formula is C16H26N2O2. The second-order valence-corrected chi connectivity index (χ2v) is 6.33. The molecule has 112 valence electrons. The summed E-state index contributed by atoms with van der Waals surface area (Å²) in [6, 6.07) is 7.58. The number of ether oxygens (including phenoxy) is 1. The second-order valence-electron chi connectivity index (χ2n) is 6.33. The molecule has 1 rings (SSSR count). The summed E-state index contributed by atoms with van der Waals surface area (Å²) < 4.78 is 5.82. The minimum atomic E-state index is -0.483. The fraction of sp³-hybridized carbons (Fsp3) is 0.562. The van der Waals surface area contributed by atoms with Gasteiger partial charge in [-0.1, -0.05) is 52.8 Å². The minimum absolute atomic E-state index is 0.00963. The van der Waals surface area contributed by atoms with Crippen molar-refractivity contribution < 1.29 is 9.53 Å². The molecule has 0 saturated heterocycles. The van der Waals surface area contributed by atoms with Gasteiger partial charge in [0.25, 0.3) is 0 Å². The van der Waals surface area contributed by atoms with Gasteiger partial charge in [-0.3, -0.25) is 4.79 Å². The lowest BCUT2D eigenvalue weighted by Gasteiger charge is -2.24. The van der Waals surface area contributed by atoms with Gasteiger partial charge in [-0.25, -0.2) is 0 Å². The van der Waals surface area contributed by atoms with Gasteiger partial charge in [0.15, 0.2) is 0 Å². The Kier molecular flexibility index (Phi) is 5.57. The van der Waals surface area contributed by atoms with Crippen molar-refractivity contribution in [3.63, 3.8) is 0 Å². The van der Waals surface area contributed by atoms with Crippen LogP contribution in [0.1, 0.15) is 40.2 Å². The van der Waals surface area contributed by atoms with E-state index in [9.17, 15) is 4.79 Å². The molecule has 0 spiro atoms. The molecule has 20 heavy (non-hydrogen) atoms. The van der Waals surface area contributed by atoms with Gasteiger partial charge < -0.3 is 15.8 Å². The van der Waals surface area contributed by atoms with E-state index < -0.39 is 11.9 Å². The third-order valence-electron chi connectivity index (χ3n) is 2.98. The van der Waals surface area contributed by atoms with Crippen LogP contribution in [0.3, 0.4) is 0 Å². The van der Waals surface area contributed by atoms with Crippen LogP contribution in [0.15, 0.2) is 24.3 Å². The van der Waals surface area contributed by atoms with Gasteiger partial charge >= 0.3 is 0 Å². The first kappa shape index (κ1) is 16.5. The van der Waals surface area contributed by atoms with Crippen molar-refractivity contribution in [3.8, 4) is 5.75 Å². The first-order chi connectivity index (χ1) is 9.21. The first-order valence-electron chi connectivity index (χ1n) is 6.99. The lowest BCUT2D eigenvalue weighted by Crippen LogP contribution is -2.48. The molecule has 1 aromatic carbocycles. The van der Waals surface area contributed by atoms with E-state index in [2.05, 4.69) is 26.1 Å². The van der Waals surface area contributed by atoms with E-state index >= 15 is 0 Å². The van der Waals surface area contributed by atoms with Crippen molar-refractivity contribution in [1.82, 2.24) is 5.32 Å². The Morgan fingerprint density at radius 1 is 1.30 bits per heavy atom. The SMILES string of the molecule is CC(C)NC(COc1ccccc1C(C)(C)C)C(N)=O. The molecule has 0 aliphatic carbocycles. The average Bonchev–Trinajstić information content (AvgIpc) is 2.33. The summed E-state index contributed by atoms with van der Waals surface area (Å²) >= 11 is 0. The molecule has 4 nitrogen and oxygen atoms in total. The van der Waals surface area contributed by atoms with Gasteiger partial charge in [-0.15, -0.1) is 0 Å². The highest BCUT2D eigenvalue weighted by Gasteiger charge is 2.21. The second kappa shape index (κ2) is 6.75. The number of benzene rings is 1. The predicted molar refractivity (Wildman–Crippen MR) is 81.9 cm³/mol. The van der Waals surface area contributed by atoms with Crippen LogP contribution >= 0.6 is 0 Å². The third-order valence-corrected chi connectivity index (χ3v) is 2.98. The summed E-state index contributed by atoms with van der Waals surface area (Å²) in [7, 11) is 0. The standard InChI is InChI=1S/C16H26N2O2/c1-11(2)18-13(15(17)19)10-20-14-9-7-6-8-12(14)16(3,4)5/h6-9,11,13,18H,10H2,1-5H3,(H2,17,19). The van der Waals surface area contributed by atoms with Crippen molar-refractivity contribution >= 4 is 5.91 Å². The number of hydrogen-bond acceptors (Lipinski definition) is 3.